The molecule has 0 saturated carbocycles. The van der Waals surface area contributed by atoms with Gasteiger partial charge in [-0.25, -0.2) is 4.39 Å². The van der Waals surface area contributed by atoms with E-state index in [0.29, 0.717) is 11.3 Å². The number of aryl methyl sites for hydroxylation is 1. The maximum Gasteiger partial charge on any atom is 0.129 e. The Morgan fingerprint density at radius 3 is 2.82 bits per heavy atom. The van der Waals surface area contributed by atoms with Gasteiger partial charge < -0.3 is 4.74 Å². The maximum atomic E-state index is 12.8. The molecule has 1 aromatic rings. The number of ether oxygens (including phenoxy) is 1. The molecule has 0 aliphatic heterocycles. The first-order valence-corrected chi connectivity index (χ1v) is 3.28. The summed E-state index contributed by atoms with van der Waals surface area (Å²) in [6, 6.07) is 4.69. The van der Waals surface area contributed by atoms with Crippen molar-refractivity contribution < 1.29 is 9.13 Å². The lowest BCUT2D eigenvalue weighted by Crippen LogP contribution is -1.85. The van der Waals surface area contributed by atoms with E-state index in [9.17, 15) is 4.39 Å². The lowest BCUT2D eigenvalue weighted by Gasteiger charge is -2.00. The third-order valence-electron chi connectivity index (χ3n) is 1.36. The van der Waals surface area contributed by atoms with Crippen LogP contribution in [0.25, 0.3) is 0 Å². The molecule has 58 valence electrons. The normalized spacial score (nSPS) is 9.27. The van der Waals surface area contributed by atoms with E-state index < -0.39 is 0 Å². The van der Waals surface area contributed by atoms with Crippen LogP contribution in [0.3, 0.4) is 0 Å². The highest BCUT2D eigenvalue weighted by Crippen LogP contribution is 2.15. The molecule has 0 fully saturated rings. The van der Waals surface area contributed by atoms with Crippen LogP contribution in [-0.4, -0.2) is 0 Å². The summed E-state index contributed by atoms with van der Waals surface area (Å²) in [7, 11) is 0. The van der Waals surface area contributed by atoms with Gasteiger partial charge in [-0.1, -0.05) is 12.6 Å². The van der Waals surface area contributed by atoms with Gasteiger partial charge in [0.05, 0.1) is 6.26 Å². The molecule has 1 rings (SSSR count). The van der Waals surface area contributed by atoms with Gasteiger partial charge in [0.1, 0.15) is 11.6 Å². The first kappa shape index (κ1) is 7.79. The third kappa shape index (κ3) is 1.80. The minimum Gasteiger partial charge on any atom is -0.466 e. The summed E-state index contributed by atoms with van der Waals surface area (Å²) in [6.07, 6.45) is 1.27. The molecule has 1 aromatic carbocycles. The van der Waals surface area contributed by atoms with Crippen LogP contribution in [0, 0.1) is 12.7 Å². The van der Waals surface area contributed by atoms with Crippen LogP contribution in [-0.2, 0) is 0 Å². The van der Waals surface area contributed by atoms with Crippen molar-refractivity contribution in [2.24, 2.45) is 0 Å². The van der Waals surface area contributed by atoms with Crippen LogP contribution in [0.4, 0.5) is 4.39 Å². The Morgan fingerprint density at radius 2 is 2.27 bits per heavy atom. The molecule has 0 radical (unpaired) electrons. The van der Waals surface area contributed by atoms with E-state index in [2.05, 4.69) is 6.58 Å². The zero-order valence-corrected chi connectivity index (χ0v) is 6.30. The Hall–Kier alpha value is -1.31. The summed E-state index contributed by atoms with van der Waals surface area (Å²) in [6.45, 7) is 5.06. The number of halogens is 1. The van der Waals surface area contributed by atoms with E-state index in [1.807, 2.05) is 0 Å². The molecule has 0 aliphatic rings. The van der Waals surface area contributed by atoms with Gasteiger partial charge in [-0.05, 0) is 18.6 Å². The number of rotatable bonds is 2. The van der Waals surface area contributed by atoms with Crippen LogP contribution in [0.5, 0.6) is 5.75 Å². The SMILES string of the molecule is C=COc1ccc(C)c(F)c1. The van der Waals surface area contributed by atoms with E-state index in [1.54, 1.807) is 19.1 Å². The Bertz CT molecular complexity index is 268. The highest BCUT2D eigenvalue weighted by Gasteiger charge is 1.97. The predicted molar refractivity (Wildman–Crippen MR) is 42.0 cm³/mol. The third-order valence-corrected chi connectivity index (χ3v) is 1.36. The largest absolute Gasteiger partial charge is 0.466 e. The Morgan fingerprint density at radius 1 is 1.55 bits per heavy atom. The van der Waals surface area contributed by atoms with Crippen LogP contribution in [0.1, 0.15) is 5.56 Å². The van der Waals surface area contributed by atoms with Crippen molar-refractivity contribution in [2.75, 3.05) is 0 Å². The van der Waals surface area contributed by atoms with Gasteiger partial charge in [-0.3, -0.25) is 0 Å². The van der Waals surface area contributed by atoms with Gasteiger partial charge >= 0.3 is 0 Å². The second kappa shape index (κ2) is 3.19. The highest BCUT2D eigenvalue weighted by molar-refractivity contribution is 5.28. The van der Waals surface area contributed by atoms with Crippen molar-refractivity contribution in [3.05, 3.63) is 42.4 Å². The first-order valence-electron chi connectivity index (χ1n) is 3.28. The van der Waals surface area contributed by atoms with Crippen molar-refractivity contribution >= 4 is 0 Å². The van der Waals surface area contributed by atoms with Crippen molar-refractivity contribution in [3.63, 3.8) is 0 Å². The second-order valence-electron chi connectivity index (χ2n) is 2.20. The molecule has 0 atom stereocenters. The minimum atomic E-state index is -0.260. The molecule has 0 heterocycles. The summed E-state index contributed by atoms with van der Waals surface area (Å²) in [4.78, 5) is 0. The average Bonchev–Trinajstić information content (AvgIpc) is 1.98. The van der Waals surface area contributed by atoms with Crippen molar-refractivity contribution in [3.8, 4) is 5.75 Å². The standard InChI is InChI=1S/C9H9FO/c1-3-11-8-5-4-7(2)9(10)6-8/h3-6H,1H2,2H3. The Kier molecular flexibility index (Phi) is 2.26. The summed E-state index contributed by atoms with van der Waals surface area (Å²) in [5.41, 5.74) is 0.612. The fourth-order valence-electron chi connectivity index (χ4n) is 0.743. The molecule has 1 nitrogen and oxygen atoms in total. The second-order valence-corrected chi connectivity index (χ2v) is 2.20. The van der Waals surface area contributed by atoms with E-state index in [-0.39, 0.29) is 5.82 Å². The molecular weight excluding hydrogens is 143 g/mol. The molecule has 0 spiro atoms. The molecule has 2 heteroatoms. The zero-order chi connectivity index (χ0) is 8.27. The Balaban J connectivity index is 2.95. The smallest absolute Gasteiger partial charge is 0.129 e. The molecule has 0 unspecified atom stereocenters. The van der Waals surface area contributed by atoms with E-state index in [4.69, 9.17) is 4.74 Å². The monoisotopic (exact) mass is 152 g/mol. The minimum absolute atomic E-state index is 0.260. The molecule has 0 aromatic heterocycles. The van der Waals surface area contributed by atoms with Gasteiger partial charge in [-0.2, -0.15) is 0 Å². The summed E-state index contributed by atoms with van der Waals surface area (Å²) < 4.78 is 17.7. The molecule has 0 aliphatic carbocycles. The fraction of sp³-hybridized carbons (Fsp3) is 0.111. The Labute approximate surface area is 65.1 Å². The maximum absolute atomic E-state index is 12.8. The summed E-state index contributed by atoms with van der Waals surface area (Å²) in [5.74, 6) is 0.215. The number of benzene rings is 1. The number of hydrogen-bond donors (Lipinski definition) is 0. The summed E-state index contributed by atoms with van der Waals surface area (Å²) in [5, 5.41) is 0. The van der Waals surface area contributed by atoms with Crippen LogP contribution < -0.4 is 4.74 Å². The summed E-state index contributed by atoms with van der Waals surface area (Å²) >= 11 is 0. The average molecular weight is 152 g/mol. The topological polar surface area (TPSA) is 9.23 Å². The van der Waals surface area contributed by atoms with E-state index >= 15 is 0 Å². The molecule has 11 heavy (non-hydrogen) atoms. The molecular formula is C9H9FO. The molecule has 0 amide bonds. The van der Waals surface area contributed by atoms with Gasteiger partial charge in [-0.15, -0.1) is 0 Å². The van der Waals surface area contributed by atoms with Gasteiger partial charge in [0.15, 0.2) is 0 Å². The molecule has 0 N–H and O–H groups in total. The van der Waals surface area contributed by atoms with Crippen molar-refractivity contribution in [1.29, 1.82) is 0 Å². The van der Waals surface area contributed by atoms with Gasteiger partial charge in [0.25, 0.3) is 0 Å². The molecule has 0 bridgehead atoms. The molecule has 0 saturated heterocycles. The first-order chi connectivity index (χ1) is 5.24. The van der Waals surface area contributed by atoms with Crippen LogP contribution in [0.2, 0.25) is 0 Å². The van der Waals surface area contributed by atoms with E-state index in [0.717, 1.165) is 0 Å². The lowest BCUT2D eigenvalue weighted by atomic mass is 10.2. The van der Waals surface area contributed by atoms with Crippen molar-refractivity contribution in [2.45, 2.75) is 6.92 Å². The van der Waals surface area contributed by atoms with Crippen molar-refractivity contribution in [1.82, 2.24) is 0 Å². The van der Waals surface area contributed by atoms with E-state index in [1.165, 1.54) is 12.3 Å². The van der Waals surface area contributed by atoms with Crippen LogP contribution in [0.15, 0.2) is 31.0 Å². The van der Waals surface area contributed by atoms with Crippen LogP contribution >= 0.6 is 0 Å². The fourth-order valence-corrected chi connectivity index (χ4v) is 0.743. The van der Waals surface area contributed by atoms with Gasteiger partial charge in [0.2, 0.25) is 0 Å². The highest BCUT2D eigenvalue weighted by atomic mass is 19.1. The predicted octanol–water partition coefficient (Wildman–Crippen LogP) is 2.66. The van der Waals surface area contributed by atoms with Gasteiger partial charge in [0, 0.05) is 6.07 Å². The quantitative estimate of drug-likeness (QED) is 0.592. The number of hydrogen-bond acceptors (Lipinski definition) is 1. The lowest BCUT2D eigenvalue weighted by molar-refractivity contribution is 0.476. The zero-order valence-electron chi connectivity index (χ0n) is 6.30.